The Bertz CT molecular complexity index is 405. The van der Waals surface area contributed by atoms with Crippen molar-refractivity contribution in [3.05, 3.63) is 29.8 Å². The number of thioether (sulfide) groups is 1. The van der Waals surface area contributed by atoms with Gasteiger partial charge in [0, 0.05) is 16.1 Å². The molecule has 1 aromatic rings. The SMILES string of the molecule is CC(C)C(=O)Oc1ccccc1CSC(C)(C)C. The van der Waals surface area contributed by atoms with Gasteiger partial charge < -0.3 is 4.74 Å². The quantitative estimate of drug-likeness (QED) is 0.601. The molecule has 0 saturated carbocycles. The van der Waals surface area contributed by atoms with Crippen molar-refractivity contribution in [3.8, 4) is 5.75 Å². The maximum atomic E-state index is 11.6. The summed E-state index contributed by atoms with van der Waals surface area (Å²) in [7, 11) is 0. The lowest BCUT2D eigenvalue weighted by molar-refractivity contribution is -0.137. The molecular weight excluding hydrogens is 244 g/mol. The molecule has 1 aromatic carbocycles. The van der Waals surface area contributed by atoms with Crippen LogP contribution in [-0.2, 0) is 10.5 Å². The van der Waals surface area contributed by atoms with E-state index in [2.05, 4.69) is 20.8 Å². The van der Waals surface area contributed by atoms with Gasteiger partial charge in [0.05, 0.1) is 5.92 Å². The van der Waals surface area contributed by atoms with Gasteiger partial charge in [-0.15, -0.1) is 0 Å². The Labute approximate surface area is 114 Å². The molecule has 0 fully saturated rings. The molecule has 0 atom stereocenters. The predicted molar refractivity (Wildman–Crippen MR) is 78.0 cm³/mol. The molecule has 0 saturated heterocycles. The van der Waals surface area contributed by atoms with Crippen molar-refractivity contribution in [3.63, 3.8) is 0 Å². The van der Waals surface area contributed by atoms with Gasteiger partial charge in [-0.25, -0.2) is 0 Å². The molecule has 0 aliphatic rings. The number of para-hydroxylation sites is 1. The van der Waals surface area contributed by atoms with Crippen molar-refractivity contribution in [1.82, 2.24) is 0 Å². The third-order valence-electron chi connectivity index (χ3n) is 2.32. The average Bonchev–Trinajstić information content (AvgIpc) is 2.26. The second-order valence-corrected chi connectivity index (χ2v) is 7.39. The van der Waals surface area contributed by atoms with Crippen molar-refractivity contribution in [2.24, 2.45) is 5.92 Å². The maximum absolute atomic E-state index is 11.6. The number of benzene rings is 1. The molecule has 3 heteroatoms. The number of rotatable bonds is 4. The van der Waals surface area contributed by atoms with Gasteiger partial charge in [0.2, 0.25) is 0 Å². The largest absolute Gasteiger partial charge is 0.426 e. The molecular formula is C15H22O2S. The van der Waals surface area contributed by atoms with Gasteiger partial charge in [0.25, 0.3) is 0 Å². The first-order chi connectivity index (χ1) is 8.29. The lowest BCUT2D eigenvalue weighted by Crippen LogP contribution is -2.16. The Kier molecular flexibility index (Phi) is 5.27. The molecule has 0 heterocycles. The maximum Gasteiger partial charge on any atom is 0.313 e. The summed E-state index contributed by atoms with van der Waals surface area (Å²) in [5.74, 6) is 1.26. The molecule has 0 amide bonds. The molecule has 0 aromatic heterocycles. The van der Waals surface area contributed by atoms with Gasteiger partial charge in [0.1, 0.15) is 5.75 Å². The molecule has 0 aliphatic heterocycles. The van der Waals surface area contributed by atoms with Crippen LogP contribution in [-0.4, -0.2) is 10.7 Å². The van der Waals surface area contributed by atoms with E-state index in [1.807, 2.05) is 49.9 Å². The number of hydrogen-bond acceptors (Lipinski definition) is 3. The molecule has 100 valence electrons. The van der Waals surface area contributed by atoms with E-state index in [4.69, 9.17) is 4.74 Å². The van der Waals surface area contributed by atoms with E-state index >= 15 is 0 Å². The Balaban J connectivity index is 2.77. The summed E-state index contributed by atoms with van der Waals surface area (Å²) < 4.78 is 5.62. The Morgan fingerprint density at radius 1 is 1.28 bits per heavy atom. The van der Waals surface area contributed by atoms with Crippen LogP contribution >= 0.6 is 11.8 Å². The first-order valence-corrected chi connectivity index (χ1v) is 7.22. The van der Waals surface area contributed by atoms with Gasteiger partial charge in [-0.05, 0) is 6.07 Å². The van der Waals surface area contributed by atoms with Crippen LogP contribution in [0.2, 0.25) is 0 Å². The summed E-state index contributed by atoms with van der Waals surface area (Å²) in [5, 5.41) is 0. The minimum absolute atomic E-state index is 0.103. The Morgan fingerprint density at radius 2 is 1.89 bits per heavy atom. The van der Waals surface area contributed by atoms with E-state index in [1.54, 1.807) is 0 Å². The van der Waals surface area contributed by atoms with Crippen LogP contribution in [0.1, 0.15) is 40.2 Å². The highest BCUT2D eigenvalue weighted by atomic mass is 32.2. The van der Waals surface area contributed by atoms with Crippen LogP contribution in [0.3, 0.4) is 0 Å². The summed E-state index contributed by atoms with van der Waals surface area (Å²) in [6, 6.07) is 7.75. The lowest BCUT2D eigenvalue weighted by Gasteiger charge is -2.18. The molecule has 0 N–H and O–H groups in total. The lowest BCUT2D eigenvalue weighted by atomic mass is 10.2. The highest BCUT2D eigenvalue weighted by molar-refractivity contribution is 7.99. The van der Waals surface area contributed by atoms with Crippen LogP contribution in [0.4, 0.5) is 0 Å². The monoisotopic (exact) mass is 266 g/mol. The number of carbonyl (C=O) groups excluding carboxylic acids is 1. The number of carbonyl (C=O) groups is 1. The van der Waals surface area contributed by atoms with Crippen LogP contribution in [0.15, 0.2) is 24.3 Å². The second kappa shape index (κ2) is 6.28. The van der Waals surface area contributed by atoms with E-state index in [9.17, 15) is 4.79 Å². The minimum atomic E-state index is -0.178. The summed E-state index contributed by atoms with van der Waals surface area (Å²) >= 11 is 1.85. The van der Waals surface area contributed by atoms with Gasteiger partial charge >= 0.3 is 5.97 Å². The van der Waals surface area contributed by atoms with Gasteiger partial charge in [-0.1, -0.05) is 52.8 Å². The van der Waals surface area contributed by atoms with Gasteiger partial charge in [-0.3, -0.25) is 4.79 Å². The Hall–Kier alpha value is -0.960. The number of esters is 1. The summed E-state index contributed by atoms with van der Waals surface area (Å²) in [5.41, 5.74) is 1.08. The first-order valence-electron chi connectivity index (χ1n) is 6.23. The number of ether oxygens (including phenoxy) is 1. The molecule has 2 nitrogen and oxygen atoms in total. The summed E-state index contributed by atoms with van der Waals surface area (Å²) in [4.78, 5) is 11.6. The van der Waals surface area contributed by atoms with Crippen molar-refractivity contribution in [1.29, 1.82) is 0 Å². The first kappa shape index (κ1) is 15.1. The molecule has 0 aliphatic carbocycles. The summed E-state index contributed by atoms with van der Waals surface area (Å²) in [6.45, 7) is 10.2. The normalized spacial score (nSPS) is 11.7. The van der Waals surface area contributed by atoms with E-state index < -0.39 is 0 Å². The molecule has 0 unspecified atom stereocenters. The predicted octanol–water partition coefficient (Wildman–Crippen LogP) is 4.28. The fraction of sp³-hybridized carbons (Fsp3) is 0.533. The highest BCUT2D eigenvalue weighted by Crippen LogP contribution is 2.31. The van der Waals surface area contributed by atoms with E-state index in [0.29, 0.717) is 5.75 Å². The molecule has 0 radical (unpaired) electrons. The molecule has 18 heavy (non-hydrogen) atoms. The van der Waals surface area contributed by atoms with Crippen LogP contribution in [0.5, 0.6) is 5.75 Å². The summed E-state index contributed by atoms with van der Waals surface area (Å²) in [6.07, 6.45) is 0. The standard InChI is InChI=1S/C15H22O2S/c1-11(2)14(16)17-13-9-7-6-8-12(13)10-18-15(3,4)5/h6-9,11H,10H2,1-5H3. The van der Waals surface area contributed by atoms with Crippen LogP contribution in [0, 0.1) is 5.92 Å². The van der Waals surface area contributed by atoms with E-state index in [-0.39, 0.29) is 16.6 Å². The topological polar surface area (TPSA) is 26.3 Å². The van der Waals surface area contributed by atoms with Crippen molar-refractivity contribution in [2.75, 3.05) is 0 Å². The van der Waals surface area contributed by atoms with Crippen LogP contribution in [0.25, 0.3) is 0 Å². The zero-order valence-corrected chi connectivity index (χ0v) is 12.6. The molecule has 0 spiro atoms. The van der Waals surface area contributed by atoms with Gasteiger partial charge in [-0.2, -0.15) is 11.8 Å². The smallest absolute Gasteiger partial charge is 0.313 e. The molecule has 0 bridgehead atoms. The second-order valence-electron chi connectivity index (χ2n) is 5.58. The zero-order chi connectivity index (χ0) is 13.8. The van der Waals surface area contributed by atoms with Gasteiger partial charge in [0.15, 0.2) is 0 Å². The van der Waals surface area contributed by atoms with Crippen molar-refractivity contribution >= 4 is 17.7 Å². The van der Waals surface area contributed by atoms with E-state index in [0.717, 1.165) is 11.3 Å². The fourth-order valence-electron chi connectivity index (χ4n) is 1.24. The fourth-order valence-corrected chi connectivity index (χ4v) is 2.07. The number of hydrogen-bond donors (Lipinski definition) is 0. The zero-order valence-electron chi connectivity index (χ0n) is 11.8. The van der Waals surface area contributed by atoms with Crippen molar-refractivity contribution < 1.29 is 9.53 Å². The van der Waals surface area contributed by atoms with Crippen LogP contribution < -0.4 is 4.74 Å². The van der Waals surface area contributed by atoms with E-state index in [1.165, 1.54) is 0 Å². The average molecular weight is 266 g/mol. The third-order valence-corrected chi connectivity index (χ3v) is 3.64. The third kappa shape index (κ3) is 5.13. The van der Waals surface area contributed by atoms with Crippen molar-refractivity contribution in [2.45, 2.75) is 45.1 Å². The Morgan fingerprint density at radius 3 is 2.44 bits per heavy atom. The highest BCUT2D eigenvalue weighted by Gasteiger charge is 2.15. The molecule has 1 rings (SSSR count). The minimum Gasteiger partial charge on any atom is -0.426 e.